The van der Waals surface area contributed by atoms with E-state index < -0.39 is 0 Å². The zero-order valence-corrected chi connectivity index (χ0v) is 15.1. The summed E-state index contributed by atoms with van der Waals surface area (Å²) in [6, 6.07) is 2.01. The summed E-state index contributed by atoms with van der Waals surface area (Å²) in [6.07, 6.45) is 1.53. The molecule has 1 aromatic carbocycles. The molecule has 0 fully saturated rings. The molecule has 0 aromatic heterocycles. The molecule has 1 amide bonds. The van der Waals surface area contributed by atoms with Gasteiger partial charge in [-0.25, -0.2) is 4.79 Å². The molecule has 0 spiro atoms. The lowest BCUT2D eigenvalue weighted by Crippen LogP contribution is -2.37. The van der Waals surface area contributed by atoms with Crippen LogP contribution in [-0.4, -0.2) is 44.9 Å². The molecule has 134 valence electrons. The molecule has 1 N–H and O–H groups in total. The van der Waals surface area contributed by atoms with Gasteiger partial charge in [0.25, 0.3) is 0 Å². The van der Waals surface area contributed by atoms with E-state index in [-0.39, 0.29) is 6.09 Å². The molecule has 1 aromatic rings. The summed E-state index contributed by atoms with van der Waals surface area (Å²) in [6.45, 7) is 7.14. The van der Waals surface area contributed by atoms with E-state index in [4.69, 9.17) is 14.2 Å². The molecule has 0 unspecified atom stereocenters. The van der Waals surface area contributed by atoms with Crippen LogP contribution >= 0.6 is 0 Å². The predicted molar refractivity (Wildman–Crippen MR) is 92.7 cm³/mol. The first kappa shape index (κ1) is 18.4. The third-order valence-electron chi connectivity index (χ3n) is 4.21. The summed E-state index contributed by atoms with van der Waals surface area (Å²) in [5.74, 6) is 1.70. The normalized spacial score (nSPS) is 13.4. The van der Waals surface area contributed by atoms with Crippen molar-refractivity contribution in [2.45, 2.75) is 39.8 Å². The molecular formula is C18H28N2O4. The fourth-order valence-corrected chi connectivity index (χ4v) is 3.08. The first-order valence-electron chi connectivity index (χ1n) is 8.54. The van der Waals surface area contributed by atoms with Crippen LogP contribution in [0.15, 0.2) is 6.07 Å². The number of fused-ring (bicyclic) bond motifs is 1. The maximum Gasteiger partial charge on any atom is 0.410 e. The Morgan fingerprint density at radius 2 is 2.04 bits per heavy atom. The number of methoxy groups -OCH3 is 2. The van der Waals surface area contributed by atoms with E-state index >= 15 is 0 Å². The Labute approximate surface area is 144 Å². The van der Waals surface area contributed by atoms with Crippen LogP contribution in [0, 0.1) is 0 Å². The number of ether oxygens (including phenoxy) is 3. The second-order valence-corrected chi connectivity index (χ2v) is 5.78. The number of rotatable bonds is 7. The average molecular weight is 336 g/mol. The van der Waals surface area contributed by atoms with Crippen molar-refractivity contribution in [1.29, 1.82) is 0 Å². The number of amides is 1. The Bertz CT molecular complexity index is 575. The van der Waals surface area contributed by atoms with E-state index in [1.807, 2.05) is 13.0 Å². The van der Waals surface area contributed by atoms with Gasteiger partial charge in [0.15, 0.2) is 0 Å². The second-order valence-electron chi connectivity index (χ2n) is 5.78. The SMILES string of the molecule is CCCNCc1cc(OC)c2c(c1OC)CCN(C(=O)OCC)C2. The number of hydrogen-bond acceptors (Lipinski definition) is 5. The van der Waals surface area contributed by atoms with Crippen LogP contribution in [-0.2, 0) is 24.2 Å². The summed E-state index contributed by atoms with van der Waals surface area (Å²) in [5, 5.41) is 3.41. The lowest BCUT2D eigenvalue weighted by atomic mass is 9.94. The van der Waals surface area contributed by atoms with E-state index in [0.717, 1.165) is 54.1 Å². The van der Waals surface area contributed by atoms with Crippen LogP contribution < -0.4 is 14.8 Å². The molecule has 2 rings (SSSR count). The summed E-state index contributed by atoms with van der Waals surface area (Å²) in [7, 11) is 3.36. The molecule has 0 atom stereocenters. The lowest BCUT2D eigenvalue weighted by molar-refractivity contribution is 0.102. The van der Waals surface area contributed by atoms with Crippen molar-refractivity contribution in [3.05, 3.63) is 22.8 Å². The van der Waals surface area contributed by atoms with Gasteiger partial charge in [0, 0.05) is 29.8 Å². The van der Waals surface area contributed by atoms with E-state index in [1.54, 1.807) is 19.1 Å². The molecule has 0 aliphatic carbocycles. The Balaban J connectivity index is 2.32. The van der Waals surface area contributed by atoms with Crippen LogP contribution in [0.5, 0.6) is 11.5 Å². The van der Waals surface area contributed by atoms with Crippen molar-refractivity contribution in [2.24, 2.45) is 0 Å². The molecular weight excluding hydrogens is 308 g/mol. The zero-order chi connectivity index (χ0) is 17.5. The Morgan fingerprint density at radius 3 is 2.67 bits per heavy atom. The van der Waals surface area contributed by atoms with Crippen LogP contribution in [0.4, 0.5) is 4.79 Å². The predicted octanol–water partition coefficient (Wildman–Crippen LogP) is 2.72. The van der Waals surface area contributed by atoms with Crippen molar-refractivity contribution >= 4 is 6.09 Å². The van der Waals surface area contributed by atoms with Gasteiger partial charge in [-0.2, -0.15) is 0 Å². The molecule has 0 bridgehead atoms. The number of carbonyl (C=O) groups excluding carboxylic acids is 1. The molecule has 24 heavy (non-hydrogen) atoms. The van der Waals surface area contributed by atoms with Gasteiger partial charge in [-0.3, -0.25) is 0 Å². The molecule has 0 radical (unpaired) electrons. The van der Waals surface area contributed by atoms with Crippen molar-refractivity contribution < 1.29 is 19.0 Å². The maximum absolute atomic E-state index is 12.0. The number of hydrogen-bond donors (Lipinski definition) is 1. The minimum atomic E-state index is -0.280. The van der Waals surface area contributed by atoms with Gasteiger partial charge in [-0.05, 0) is 32.4 Å². The van der Waals surface area contributed by atoms with Gasteiger partial charge in [0.2, 0.25) is 0 Å². The van der Waals surface area contributed by atoms with Crippen molar-refractivity contribution in [2.75, 3.05) is 33.9 Å². The zero-order valence-electron chi connectivity index (χ0n) is 15.1. The summed E-state index contributed by atoms with van der Waals surface area (Å²) in [5.41, 5.74) is 3.23. The minimum Gasteiger partial charge on any atom is -0.496 e. The highest BCUT2D eigenvalue weighted by molar-refractivity contribution is 5.69. The van der Waals surface area contributed by atoms with Gasteiger partial charge in [0.1, 0.15) is 11.5 Å². The highest BCUT2D eigenvalue weighted by Crippen LogP contribution is 2.38. The topological polar surface area (TPSA) is 60.0 Å². The smallest absolute Gasteiger partial charge is 0.410 e. The first-order chi connectivity index (χ1) is 11.7. The fourth-order valence-electron chi connectivity index (χ4n) is 3.08. The van der Waals surface area contributed by atoms with Gasteiger partial charge in [-0.1, -0.05) is 6.92 Å². The Kier molecular flexibility index (Phi) is 6.73. The minimum absolute atomic E-state index is 0.280. The molecule has 1 heterocycles. The quantitative estimate of drug-likeness (QED) is 0.776. The first-order valence-corrected chi connectivity index (χ1v) is 8.54. The largest absolute Gasteiger partial charge is 0.496 e. The van der Waals surface area contributed by atoms with Gasteiger partial charge in [-0.15, -0.1) is 0 Å². The van der Waals surface area contributed by atoms with Gasteiger partial charge >= 0.3 is 6.09 Å². The van der Waals surface area contributed by atoms with Crippen molar-refractivity contribution in [3.63, 3.8) is 0 Å². The van der Waals surface area contributed by atoms with E-state index in [2.05, 4.69) is 12.2 Å². The summed E-state index contributed by atoms with van der Waals surface area (Å²) >= 11 is 0. The molecule has 6 nitrogen and oxygen atoms in total. The second kappa shape index (κ2) is 8.78. The van der Waals surface area contributed by atoms with E-state index in [9.17, 15) is 4.79 Å². The lowest BCUT2D eigenvalue weighted by Gasteiger charge is -2.31. The number of nitrogens with one attached hydrogen (secondary N) is 1. The van der Waals surface area contributed by atoms with Gasteiger partial charge < -0.3 is 24.4 Å². The number of benzene rings is 1. The third kappa shape index (κ3) is 3.93. The average Bonchev–Trinajstić information content (AvgIpc) is 2.60. The van der Waals surface area contributed by atoms with E-state index in [0.29, 0.717) is 19.7 Å². The number of nitrogens with zero attached hydrogens (tertiary/aromatic N) is 1. The van der Waals surface area contributed by atoms with Crippen molar-refractivity contribution in [3.8, 4) is 11.5 Å². The van der Waals surface area contributed by atoms with Crippen LogP contribution in [0.3, 0.4) is 0 Å². The standard InChI is InChI=1S/C18H28N2O4/c1-5-8-19-11-13-10-16(22-3)15-12-20(18(21)24-6-2)9-7-14(15)17(13)23-4/h10,19H,5-9,11-12H2,1-4H3. The summed E-state index contributed by atoms with van der Waals surface area (Å²) in [4.78, 5) is 13.7. The van der Waals surface area contributed by atoms with Crippen LogP contribution in [0.25, 0.3) is 0 Å². The molecule has 1 aliphatic rings. The Hall–Kier alpha value is -1.95. The molecule has 6 heteroatoms. The summed E-state index contributed by atoms with van der Waals surface area (Å²) < 4.78 is 16.4. The maximum atomic E-state index is 12.0. The third-order valence-corrected chi connectivity index (χ3v) is 4.21. The highest BCUT2D eigenvalue weighted by Gasteiger charge is 2.28. The van der Waals surface area contributed by atoms with Crippen LogP contribution in [0.1, 0.15) is 37.0 Å². The monoisotopic (exact) mass is 336 g/mol. The van der Waals surface area contributed by atoms with Crippen LogP contribution in [0.2, 0.25) is 0 Å². The van der Waals surface area contributed by atoms with Crippen molar-refractivity contribution in [1.82, 2.24) is 10.2 Å². The molecule has 1 aliphatic heterocycles. The number of carbonyl (C=O) groups is 1. The highest BCUT2D eigenvalue weighted by atomic mass is 16.6. The van der Waals surface area contributed by atoms with E-state index in [1.165, 1.54) is 0 Å². The Morgan fingerprint density at radius 1 is 1.25 bits per heavy atom. The molecule has 0 saturated heterocycles. The fraction of sp³-hybridized carbons (Fsp3) is 0.611. The molecule has 0 saturated carbocycles. The van der Waals surface area contributed by atoms with Gasteiger partial charge in [0.05, 0.1) is 27.4 Å².